The smallest absolute Gasteiger partial charge is 0.410 e. The summed E-state index contributed by atoms with van der Waals surface area (Å²) >= 11 is 0. The number of amides is 1. The van der Waals surface area contributed by atoms with Gasteiger partial charge in [0.15, 0.2) is 0 Å². The van der Waals surface area contributed by atoms with Crippen LogP contribution in [0.15, 0.2) is 0 Å². The minimum atomic E-state index is -0.453. The van der Waals surface area contributed by atoms with Crippen LogP contribution in [0, 0.1) is 11.8 Å². The highest BCUT2D eigenvalue weighted by atomic mass is 16.6. The van der Waals surface area contributed by atoms with Crippen LogP contribution in [0.1, 0.15) is 78.6 Å². The van der Waals surface area contributed by atoms with Crippen molar-refractivity contribution in [2.24, 2.45) is 11.8 Å². The Kier molecular flexibility index (Phi) is 4.70. The molecule has 2 saturated heterocycles. The fourth-order valence-electron chi connectivity index (χ4n) is 4.72. The second kappa shape index (κ2) is 6.45. The van der Waals surface area contributed by atoms with E-state index in [-0.39, 0.29) is 24.1 Å². The lowest BCUT2D eigenvalue weighted by Crippen LogP contribution is -2.49. The molecule has 0 aromatic heterocycles. The van der Waals surface area contributed by atoms with Crippen LogP contribution in [0.5, 0.6) is 0 Å². The average Bonchev–Trinajstić information content (AvgIpc) is 3.03. The molecule has 2 atom stereocenters. The van der Waals surface area contributed by atoms with Crippen LogP contribution in [0.3, 0.4) is 0 Å². The molecule has 3 aliphatic rings. The Morgan fingerprint density at radius 2 is 1.57 bits per heavy atom. The van der Waals surface area contributed by atoms with E-state index < -0.39 is 5.60 Å². The van der Waals surface area contributed by atoms with Crippen LogP contribution < -0.4 is 0 Å². The van der Waals surface area contributed by atoms with Crippen LogP contribution in [0.2, 0.25) is 0 Å². The Balaban J connectivity index is 1.58. The Hall–Kier alpha value is -1.06. The minimum absolute atomic E-state index is 0.173. The molecule has 0 aromatic rings. The second-order valence-corrected chi connectivity index (χ2v) is 8.76. The predicted molar refractivity (Wildman–Crippen MR) is 89.2 cm³/mol. The fraction of sp³-hybridized carbons (Fsp3) is 0.895. The average molecular weight is 321 g/mol. The minimum Gasteiger partial charge on any atom is -0.444 e. The Bertz CT molecular complexity index is 448. The first-order valence-corrected chi connectivity index (χ1v) is 9.37. The molecule has 2 bridgehead atoms. The van der Waals surface area contributed by atoms with Gasteiger partial charge in [0.25, 0.3) is 0 Å². The molecule has 130 valence electrons. The third-order valence-corrected chi connectivity index (χ3v) is 5.76. The normalized spacial score (nSPS) is 31.4. The number of Topliss-reactive ketones (excluding diaryl/α,β-unsaturated/α-hetero) is 1. The van der Waals surface area contributed by atoms with Crippen molar-refractivity contribution in [2.45, 2.75) is 96.2 Å². The maximum atomic E-state index is 12.6. The molecule has 3 rings (SSSR count). The molecule has 2 heterocycles. The molecule has 0 N–H and O–H groups in total. The molecule has 1 aliphatic carbocycles. The van der Waals surface area contributed by atoms with Crippen molar-refractivity contribution < 1.29 is 14.3 Å². The van der Waals surface area contributed by atoms with Crippen molar-refractivity contribution in [3.05, 3.63) is 0 Å². The van der Waals surface area contributed by atoms with Gasteiger partial charge in [-0.1, -0.05) is 25.7 Å². The molecule has 2 unspecified atom stereocenters. The topological polar surface area (TPSA) is 46.6 Å². The highest BCUT2D eigenvalue weighted by Crippen LogP contribution is 2.41. The number of piperidine rings is 1. The Morgan fingerprint density at radius 1 is 1.00 bits per heavy atom. The van der Waals surface area contributed by atoms with E-state index in [1.165, 1.54) is 25.7 Å². The van der Waals surface area contributed by atoms with Gasteiger partial charge < -0.3 is 9.64 Å². The molecule has 2 aliphatic heterocycles. The quantitative estimate of drug-likeness (QED) is 0.778. The monoisotopic (exact) mass is 321 g/mol. The number of hydrogen-bond acceptors (Lipinski definition) is 3. The molecule has 1 amide bonds. The van der Waals surface area contributed by atoms with Gasteiger partial charge in [-0.25, -0.2) is 4.79 Å². The molecular weight excluding hydrogens is 290 g/mol. The SMILES string of the molecule is CC(C)(C)OC(=O)N1C2CCC1CC(C(=O)CC1CCCC1)C2. The second-order valence-electron chi connectivity index (χ2n) is 8.76. The van der Waals surface area contributed by atoms with Crippen molar-refractivity contribution in [3.8, 4) is 0 Å². The third-order valence-electron chi connectivity index (χ3n) is 5.76. The maximum Gasteiger partial charge on any atom is 0.410 e. The first kappa shape index (κ1) is 16.8. The molecule has 0 radical (unpaired) electrons. The van der Waals surface area contributed by atoms with E-state index in [1.807, 2.05) is 25.7 Å². The van der Waals surface area contributed by atoms with Gasteiger partial charge >= 0.3 is 6.09 Å². The van der Waals surface area contributed by atoms with Crippen LogP contribution in [0.25, 0.3) is 0 Å². The summed E-state index contributed by atoms with van der Waals surface area (Å²) in [4.78, 5) is 27.0. The van der Waals surface area contributed by atoms with Crippen LogP contribution in [0.4, 0.5) is 4.79 Å². The zero-order valence-corrected chi connectivity index (χ0v) is 14.8. The molecule has 0 spiro atoms. The summed E-state index contributed by atoms with van der Waals surface area (Å²) in [5, 5.41) is 0. The van der Waals surface area contributed by atoms with Gasteiger partial charge in [-0.3, -0.25) is 4.79 Å². The van der Waals surface area contributed by atoms with E-state index in [1.54, 1.807) is 0 Å². The first-order valence-electron chi connectivity index (χ1n) is 9.37. The van der Waals surface area contributed by atoms with E-state index in [0.29, 0.717) is 11.7 Å². The van der Waals surface area contributed by atoms with Gasteiger partial charge in [0.2, 0.25) is 0 Å². The van der Waals surface area contributed by atoms with E-state index in [2.05, 4.69) is 0 Å². The number of nitrogens with zero attached hydrogens (tertiary/aromatic N) is 1. The van der Waals surface area contributed by atoms with Gasteiger partial charge in [0.1, 0.15) is 11.4 Å². The summed E-state index contributed by atoms with van der Waals surface area (Å²) in [6.45, 7) is 5.72. The molecule has 1 saturated carbocycles. The first-order chi connectivity index (χ1) is 10.8. The third kappa shape index (κ3) is 3.89. The molecule has 0 aromatic carbocycles. The Labute approximate surface area is 139 Å². The molecule has 4 heteroatoms. The van der Waals surface area contributed by atoms with Gasteiger partial charge in [-0.05, 0) is 52.4 Å². The molecule has 3 fully saturated rings. The standard InChI is InChI=1S/C19H31NO3/c1-19(2,3)23-18(22)20-15-8-9-16(20)12-14(11-15)17(21)10-13-6-4-5-7-13/h13-16H,4-12H2,1-3H3. The van der Waals surface area contributed by atoms with Crippen molar-refractivity contribution in [2.75, 3.05) is 0 Å². The van der Waals surface area contributed by atoms with Crippen molar-refractivity contribution >= 4 is 11.9 Å². The van der Waals surface area contributed by atoms with E-state index in [9.17, 15) is 9.59 Å². The van der Waals surface area contributed by atoms with Gasteiger partial charge in [-0.2, -0.15) is 0 Å². The zero-order chi connectivity index (χ0) is 16.6. The summed E-state index contributed by atoms with van der Waals surface area (Å²) < 4.78 is 5.56. The highest BCUT2D eigenvalue weighted by molar-refractivity contribution is 5.82. The van der Waals surface area contributed by atoms with E-state index >= 15 is 0 Å². The Morgan fingerprint density at radius 3 is 2.09 bits per heavy atom. The molecule has 23 heavy (non-hydrogen) atoms. The van der Waals surface area contributed by atoms with Crippen LogP contribution >= 0.6 is 0 Å². The summed E-state index contributed by atoms with van der Waals surface area (Å²) in [5.41, 5.74) is -0.453. The number of ketones is 1. The van der Waals surface area contributed by atoms with Crippen molar-refractivity contribution in [1.29, 1.82) is 0 Å². The zero-order valence-electron chi connectivity index (χ0n) is 14.8. The summed E-state index contributed by atoms with van der Waals surface area (Å²) in [7, 11) is 0. The lowest BCUT2D eigenvalue weighted by molar-refractivity contribution is -0.126. The summed E-state index contributed by atoms with van der Waals surface area (Å²) in [6.07, 6.45) is 9.38. The fourth-order valence-corrected chi connectivity index (χ4v) is 4.72. The molecular formula is C19H31NO3. The highest BCUT2D eigenvalue weighted by Gasteiger charge is 2.46. The van der Waals surface area contributed by atoms with Crippen LogP contribution in [-0.4, -0.2) is 34.5 Å². The summed E-state index contributed by atoms with van der Waals surface area (Å²) in [6, 6.07) is 0.419. The van der Waals surface area contributed by atoms with Crippen molar-refractivity contribution in [3.63, 3.8) is 0 Å². The number of hydrogen-bond donors (Lipinski definition) is 0. The van der Waals surface area contributed by atoms with Crippen LogP contribution in [-0.2, 0) is 9.53 Å². The van der Waals surface area contributed by atoms with E-state index in [0.717, 1.165) is 32.1 Å². The number of carbonyl (C=O) groups excluding carboxylic acids is 2. The lowest BCUT2D eigenvalue weighted by atomic mass is 9.84. The van der Waals surface area contributed by atoms with E-state index in [4.69, 9.17) is 4.74 Å². The number of fused-ring (bicyclic) bond motifs is 2. The van der Waals surface area contributed by atoms with Gasteiger partial charge in [0.05, 0.1) is 0 Å². The number of ether oxygens (including phenoxy) is 1. The van der Waals surface area contributed by atoms with Gasteiger partial charge in [0, 0.05) is 24.4 Å². The largest absolute Gasteiger partial charge is 0.444 e. The predicted octanol–water partition coefficient (Wildman–Crippen LogP) is 4.31. The van der Waals surface area contributed by atoms with Gasteiger partial charge in [-0.15, -0.1) is 0 Å². The van der Waals surface area contributed by atoms with Crippen molar-refractivity contribution in [1.82, 2.24) is 4.90 Å². The summed E-state index contributed by atoms with van der Waals surface area (Å²) in [5.74, 6) is 1.26. The number of rotatable bonds is 3. The number of carbonyl (C=O) groups is 2. The lowest BCUT2D eigenvalue weighted by Gasteiger charge is -2.39. The molecule has 4 nitrogen and oxygen atoms in total. The maximum absolute atomic E-state index is 12.6.